The topological polar surface area (TPSA) is 119 Å². The third-order valence-corrected chi connectivity index (χ3v) is 4.93. The molecule has 0 bridgehead atoms. The van der Waals surface area contributed by atoms with E-state index in [0.717, 1.165) is 12.3 Å². The highest BCUT2D eigenvalue weighted by molar-refractivity contribution is 7.90. The van der Waals surface area contributed by atoms with Crippen molar-refractivity contribution in [3.8, 4) is 22.8 Å². The lowest BCUT2D eigenvalue weighted by Crippen LogP contribution is -2.06. The molecule has 0 saturated carbocycles. The van der Waals surface area contributed by atoms with Crippen LogP contribution < -0.4 is 0 Å². The van der Waals surface area contributed by atoms with E-state index in [9.17, 15) is 31.7 Å². The highest BCUT2D eigenvalue weighted by Crippen LogP contribution is 2.36. The molecule has 28 heavy (non-hydrogen) atoms. The van der Waals surface area contributed by atoms with Crippen LogP contribution in [-0.4, -0.2) is 34.8 Å². The summed E-state index contributed by atoms with van der Waals surface area (Å²) in [5, 5.41) is 17.6. The van der Waals surface area contributed by atoms with E-state index in [1.807, 2.05) is 0 Å². The Balaban J connectivity index is 2.01. The Morgan fingerprint density at radius 3 is 2.29 bits per heavy atom. The lowest BCUT2D eigenvalue weighted by molar-refractivity contribution is -0.384. The van der Waals surface area contributed by atoms with E-state index < -0.39 is 32.2 Å². The van der Waals surface area contributed by atoms with E-state index in [2.05, 4.69) is 15.2 Å². The molecule has 2 aromatic carbocycles. The Labute approximate surface area is 156 Å². The molecule has 0 amide bonds. The predicted molar refractivity (Wildman–Crippen MR) is 92.0 cm³/mol. The molecule has 12 heteroatoms. The van der Waals surface area contributed by atoms with E-state index in [4.69, 9.17) is 0 Å². The number of aromatic nitrogens is 3. The molecule has 0 fully saturated rings. The summed E-state index contributed by atoms with van der Waals surface area (Å²) < 4.78 is 61.4. The fourth-order valence-corrected chi connectivity index (χ4v) is 3.05. The van der Waals surface area contributed by atoms with Crippen LogP contribution in [0, 0.1) is 10.1 Å². The number of sulfone groups is 1. The van der Waals surface area contributed by atoms with Gasteiger partial charge in [0.25, 0.3) is 5.69 Å². The second-order valence-corrected chi connectivity index (χ2v) is 7.81. The van der Waals surface area contributed by atoms with Gasteiger partial charge in [0.05, 0.1) is 20.9 Å². The molecule has 3 rings (SSSR count). The number of halogens is 3. The SMILES string of the molecule is CS(=O)(=O)c1ccc(-c2n[nH]c(-c3ccc(C(F)(F)F)cc3[N+](=O)[O-])n2)cc1. The molecule has 1 N–H and O–H groups in total. The maximum atomic E-state index is 12.8. The first-order chi connectivity index (χ1) is 13.0. The Hall–Kier alpha value is -3.28. The number of nitro groups is 1. The minimum absolute atomic E-state index is 0.0883. The van der Waals surface area contributed by atoms with Gasteiger partial charge in [-0.3, -0.25) is 15.2 Å². The van der Waals surface area contributed by atoms with Crippen molar-refractivity contribution in [2.75, 3.05) is 6.26 Å². The van der Waals surface area contributed by atoms with Crippen molar-refractivity contribution < 1.29 is 26.5 Å². The van der Waals surface area contributed by atoms with E-state index in [0.29, 0.717) is 17.7 Å². The lowest BCUT2D eigenvalue weighted by atomic mass is 10.1. The number of H-pyrrole nitrogens is 1. The molecule has 1 aromatic heterocycles. The fraction of sp³-hybridized carbons (Fsp3) is 0.125. The zero-order chi connectivity index (χ0) is 20.7. The quantitative estimate of drug-likeness (QED) is 0.518. The molecule has 0 aliphatic heterocycles. The van der Waals surface area contributed by atoms with Gasteiger partial charge >= 0.3 is 6.18 Å². The van der Waals surface area contributed by atoms with Gasteiger partial charge in [-0.25, -0.2) is 13.4 Å². The average molecular weight is 412 g/mol. The molecular weight excluding hydrogens is 401 g/mol. The van der Waals surface area contributed by atoms with E-state index >= 15 is 0 Å². The van der Waals surface area contributed by atoms with E-state index in [-0.39, 0.29) is 22.1 Å². The fourth-order valence-electron chi connectivity index (χ4n) is 2.42. The van der Waals surface area contributed by atoms with Crippen LogP contribution in [0.15, 0.2) is 47.4 Å². The van der Waals surface area contributed by atoms with E-state index in [1.165, 1.54) is 24.3 Å². The summed E-state index contributed by atoms with van der Waals surface area (Å²) in [4.78, 5) is 14.4. The van der Waals surface area contributed by atoms with Crippen LogP contribution >= 0.6 is 0 Å². The predicted octanol–water partition coefficient (Wildman–Crippen LogP) is 3.47. The maximum Gasteiger partial charge on any atom is 0.416 e. The van der Waals surface area contributed by atoms with Crippen LogP contribution in [0.4, 0.5) is 18.9 Å². The zero-order valence-electron chi connectivity index (χ0n) is 14.1. The van der Waals surface area contributed by atoms with Crippen molar-refractivity contribution in [3.05, 3.63) is 58.1 Å². The Bertz CT molecular complexity index is 1160. The van der Waals surface area contributed by atoms with Crippen molar-refractivity contribution >= 4 is 15.5 Å². The summed E-state index contributed by atoms with van der Waals surface area (Å²) >= 11 is 0. The first-order valence-corrected chi connectivity index (χ1v) is 9.45. The second-order valence-electron chi connectivity index (χ2n) is 5.79. The summed E-state index contributed by atoms with van der Waals surface area (Å²) in [6, 6.07) is 7.68. The van der Waals surface area contributed by atoms with Gasteiger partial charge in [0.15, 0.2) is 21.5 Å². The van der Waals surface area contributed by atoms with Crippen molar-refractivity contribution in [2.24, 2.45) is 0 Å². The minimum atomic E-state index is -4.72. The van der Waals surface area contributed by atoms with E-state index in [1.54, 1.807) is 0 Å². The van der Waals surface area contributed by atoms with Gasteiger partial charge in [-0.05, 0) is 36.4 Å². The number of benzene rings is 2. The van der Waals surface area contributed by atoms with Crippen molar-refractivity contribution in [3.63, 3.8) is 0 Å². The highest BCUT2D eigenvalue weighted by atomic mass is 32.2. The minimum Gasteiger partial charge on any atom is -0.258 e. The van der Waals surface area contributed by atoms with Gasteiger partial charge in [-0.2, -0.15) is 18.3 Å². The molecule has 8 nitrogen and oxygen atoms in total. The third-order valence-electron chi connectivity index (χ3n) is 3.80. The van der Waals surface area contributed by atoms with Crippen LogP contribution in [0.25, 0.3) is 22.8 Å². The Kier molecular flexibility index (Phi) is 4.67. The smallest absolute Gasteiger partial charge is 0.258 e. The molecule has 3 aromatic rings. The van der Waals surface area contributed by atoms with Crippen LogP contribution in [0.2, 0.25) is 0 Å². The van der Waals surface area contributed by atoms with Crippen LogP contribution in [-0.2, 0) is 16.0 Å². The van der Waals surface area contributed by atoms with Crippen LogP contribution in [0.1, 0.15) is 5.56 Å². The largest absolute Gasteiger partial charge is 0.416 e. The molecule has 0 saturated heterocycles. The standard InChI is InChI=1S/C16H11F3N4O4S/c1-28(26,27)11-5-2-9(3-6-11)14-20-15(22-21-14)12-7-4-10(16(17,18)19)8-13(12)23(24)25/h2-8H,1H3,(H,20,21,22). The number of nitro benzene ring substituents is 1. The van der Waals surface area contributed by atoms with Crippen molar-refractivity contribution in [1.29, 1.82) is 0 Å². The van der Waals surface area contributed by atoms with Crippen LogP contribution in [0.5, 0.6) is 0 Å². The molecule has 146 valence electrons. The van der Waals surface area contributed by atoms with Gasteiger partial charge in [0.1, 0.15) is 0 Å². The summed E-state index contributed by atoms with van der Waals surface area (Å²) in [5.41, 5.74) is -1.67. The number of rotatable bonds is 4. The second kappa shape index (κ2) is 6.71. The summed E-state index contributed by atoms with van der Waals surface area (Å²) in [6.07, 6.45) is -3.67. The van der Waals surface area contributed by atoms with Gasteiger partial charge in [-0.15, -0.1) is 0 Å². The summed E-state index contributed by atoms with van der Waals surface area (Å²) in [7, 11) is -3.39. The number of nitrogens with zero attached hydrogens (tertiary/aromatic N) is 3. The molecule has 0 spiro atoms. The monoisotopic (exact) mass is 412 g/mol. The zero-order valence-corrected chi connectivity index (χ0v) is 14.9. The first-order valence-electron chi connectivity index (χ1n) is 7.56. The lowest BCUT2D eigenvalue weighted by Gasteiger charge is -2.07. The van der Waals surface area contributed by atoms with Crippen LogP contribution in [0.3, 0.4) is 0 Å². The molecule has 0 atom stereocenters. The molecule has 0 radical (unpaired) electrons. The number of nitrogens with one attached hydrogen (secondary N) is 1. The maximum absolute atomic E-state index is 12.8. The van der Waals surface area contributed by atoms with Crippen molar-refractivity contribution in [2.45, 2.75) is 11.1 Å². The van der Waals surface area contributed by atoms with Crippen molar-refractivity contribution in [1.82, 2.24) is 15.2 Å². The number of aromatic amines is 1. The summed E-state index contributed by atoms with van der Waals surface area (Å²) in [6.45, 7) is 0. The first kappa shape index (κ1) is 19.5. The Morgan fingerprint density at radius 1 is 1.11 bits per heavy atom. The van der Waals surface area contributed by atoms with Gasteiger partial charge in [0, 0.05) is 17.9 Å². The molecular formula is C16H11F3N4O4S. The summed E-state index contributed by atoms with van der Waals surface area (Å²) in [5.74, 6) is 0.00635. The third kappa shape index (κ3) is 3.86. The highest BCUT2D eigenvalue weighted by Gasteiger charge is 2.33. The number of alkyl halides is 3. The Morgan fingerprint density at radius 2 is 1.75 bits per heavy atom. The number of hydrogen-bond acceptors (Lipinski definition) is 6. The molecule has 0 unspecified atom stereocenters. The number of hydrogen-bond donors (Lipinski definition) is 1. The normalized spacial score (nSPS) is 12.1. The molecule has 0 aliphatic rings. The average Bonchev–Trinajstić information content (AvgIpc) is 3.09. The van der Waals surface area contributed by atoms with Gasteiger partial charge in [-0.1, -0.05) is 0 Å². The molecule has 1 heterocycles. The molecule has 0 aliphatic carbocycles. The van der Waals surface area contributed by atoms with Gasteiger partial charge < -0.3 is 0 Å². The van der Waals surface area contributed by atoms with Gasteiger partial charge in [0.2, 0.25) is 0 Å².